The van der Waals surface area contributed by atoms with E-state index in [4.69, 9.17) is 11.6 Å². The number of thioether (sulfide) groups is 1. The van der Waals surface area contributed by atoms with Crippen LogP contribution in [-0.4, -0.2) is 11.1 Å². The van der Waals surface area contributed by atoms with Crippen LogP contribution >= 0.6 is 39.3 Å². The van der Waals surface area contributed by atoms with Crippen LogP contribution in [0.3, 0.4) is 0 Å². The van der Waals surface area contributed by atoms with Crippen LogP contribution in [0.4, 0.5) is 0 Å². The van der Waals surface area contributed by atoms with E-state index in [0.29, 0.717) is 11.3 Å². The minimum absolute atomic E-state index is 0.331. The Balaban J connectivity index is 2.60. The van der Waals surface area contributed by atoms with Gasteiger partial charge in [0.1, 0.15) is 0 Å². The summed E-state index contributed by atoms with van der Waals surface area (Å²) in [5.41, 5.74) is 0.331. The van der Waals surface area contributed by atoms with Crippen LogP contribution in [0.15, 0.2) is 29.2 Å². The Kier molecular flexibility index (Phi) is 5.69. The number of alkyl halides is 1. The van der Waals surface area contributed by atoms with Crippen LogP contribution in [0.2, 0.25) is 5.02 Å². The van der Waals surface area contributed by atoms with Gasteiger partial charge in [0.25, 0.3) is 0 Å². The Morgan fingerprint density at radius 1 is 1.31 bits per heavy atom. The first-order valence-corrected chi connectivity index (χ1v) is 7.87. The summed E-state index contributed by atoms with van der Waals surface area (Å²) in [5.74, 6) is 1.74. The molecule has 1 aromatic rings. The molecule has 3 heteroatoms. The van der Waals surface area contributed by atoms with Crippen molar-refractivity contribution in [3.63, 3.8) is 0 Å². The molecule has 0 fully saturated rings. The maximum absolute atomic E-state index is 6.13. The van der Waals surface area contributed by atoms with Crippen molar-refractivity contribution in [2.75, 3.05) is 11.1 Å². The highest BCUT2D eigenvalue weighted by Gasteiger charge is 2.23. The highest BCUT2D eigenvalue weighted by atomic mass is 79.9. The number of halogens is 2. The zero-order chi connectivity index (χ0) is 12.2. The second-order valence-electron chi connectivity index (χ2n) is 4.96. The van der Waals surface area contributed by atoms with Crippen LogP contribution in [0.25, 0.3) is 0 Å². The van der Waals surface area contributed by atoms with Gasteiger partial charge in [-0.1, -0.05) is 60.4 Å². The van der Waals surface area contributed by atoms with E-state index < -0.39 is 0 Å². The fourth-order valence-electron chi connectivity index (χ4n) is 1.28. The second-order valence-corrected chi connectivity index (χ2v) is 7.08. The molecule has 0 aliphatic rings. The maximum atomic E-state index is 6.13. The van der Waals surface area contributed by atoms with Crippen molar-refractivity contribution in [1.29, 1.82) is 0 Å². The molecule has 90 valence electrons. The van der Waals surface area contributed by atoms with Crippen LogP contribution in [0.1, 0.15) is 20.8 Å². The smallest absolute Gasteiger partial charge is 0.0541 e. The van der Waals surface area contributed by atoms with Gasteiger partial charge >= 0.3 is 0 Å². The van der Waals surface area contributed by atoms with Gasteiger partial charge in [-0.3, -0.25) is 0 Å². The summed E-state index contributed by atoms with van der Waals surface area (Å²) in [6.07, 6.45) is 0. The molecule has 0 N–H and O–H groups in total. The lowest BCUT2D eigenvalue weighted by molar-refractivity contribution is 0.295. The largest absolute Gasteiger partial charge is 0.124 e. The molecule has 0 aliphatic heterocycles. The molecule has 16 heavy (non-hydrogen) atoms. The van der Waals surface area contributed by atoms with Crippen molar-refractivity contribution >= 4 is 39.3 Å². The van der Waals surface area contributed by atoms with Crippen LogP contribution in [-0.2, 0) is 0 Å². The number of hydrogen-bond acceptors (Lipinski definition) is 1. The van der Waals surface area contributed by atoms with Crippen LogP contribution in [0.5, 0.6) is 0 Å². The Labute approximate surface area is 116 Å². The molecule has 0 spiro atoms. The minimum Gasteiger partial charge on any atom is -0.124 e. The summed E-state index contributed by atoms with van der Waals surface area (Å²) >= 11 is 11.6. The molecule has 1 rings (SSSR count). The molecule has 0 heterocycles. The van der Waals surface area contributed by atoms with Crippen molar-refractivity contribution in [3.05, 3.63) is 29.3 Å². The molecule has 0 saturated heterocycles. The third-order valence-electron chi connectivity index (χ3n) is 2.69. The molecular weight excluding hydrogens is 304 g/mol. The van der Waals surface area contributed by atoms with E-state index in [2.05, 4.69) is 42.8 Å². The number of hydrogen-bond donors (Lipinski definition) is 0. The van der Waals surface area contributed by atoms with Gasteiger partial charge in [-0.05, 0) is 23.5 Å². The highest BCUT2D eigenvalue weighted by molar-refractivity contribution is 9.09. The fraction of sp³-hybridized carbons (Fsp3) is 0.538. The molecular formula is C13H18BrClS. The monoisotopic (exact) mass is 320 g/mol. The molecule has 1 atom stereocenters. The predicted octanol–water partition coefficient (Wildman–Crippen LogP) is 5.49. The predicted molar refractivity (Wildman–Crippen MR) is 78.9 cm³/mol. The lowest BCUT2D eigenvalue weighted by Gasteiger charge is -2.28. The van der Waals surface area contributed by atoms with E-state index in [1.54, 1.807) is 0 Å². The number of rotatable bonds is 4. The first-order chi connectivity index (χ1) is 7.45. The Hall–Kier alpha value is 0.340. The van der Waals surface area contributed by atoms with Crippen molar-refractivity contribution in [1.82, 2.24) is 0 Å². The molecule has 0 radical (unpaired) electrons. The fourth-order valence-corrected chi connectivity index (χ4v) is 4.46. The summed E-state index contributed by atoms with van der Waals surface area (Å²) < 4.78 is 0. The van der Waals surface area contributed by atoms with Crippen molar-refractivity contribution < 1.29 is 0 Å². The van der Waals surface area contributed by atoms with Crippen molar-refractivity contribution in [2.24, 2.45) is 11.3 Å². The molecule has 0 aliphatic carbocycles. The summed E-state index contributed by atoms with van der Waals surface area (Å²) in [6, 6.07) is 8.04. The normalized spacial score (nSPS) is 13.8. The molecule has 0 nitrogen and oxygen atoms in total. The molecule has 0 saturated carbocycles. The van der Waals surface area contributed by atoms with E-state index in [-0.39, 0.29) is 0 Å². The van der Waals surface area contributed by atoms with Gasteiger partial charge in [-0.15, -0.1) is 11.8 Å². The van der Waals surface area contributed by atoms with Gasteiger partial charge < -0.3 is 0 Å². The quantitative estimate of drug-likeness (QED) is 0.522. The van der Waals surface area contributed by atoms with Gasteiger partial charge in [0.05, 0.1) is 5.02 Å². The van der Waals surface area contributed by atoms with Crippen LogP contribution in [0, 0.1) is 11.3 Å². The minimum atomic E-state index is 0.331. The summed E-state index contributed by atoms with van der Waals surface area (Å²) in [5, 5.41) is 1.89. The summed E-state index contributed by atoms with van der Waals surface area (Å²) in [4.78, 5) is 1.18. The first kappa shape index (κ1) is 14.4. The molecule has 0 aromatic heterocycles. The Morgan fingerprint density at radius 2 is 1.94 bits per heavy atom. The zero-order valence-corrected chi connectivity index (χ0v) is 13.1. The molecule has 1 unspecified atom stereocenters. The van der Waals surface area contributed by atoms with Gasteiger partial charge in [0.15, 0.2) is 0 Å². The van der Waals surface area contributed by atoms with Crippen molar-refractivity contribution in [3.8, 4) is 0 Å². The van der Waals surface area contributed by atoms with Gasteiger partial charge in [-0.2, -0.15) is 0 Å². The molecule has 1 aromatic carbocycles. The molecule has 0 amide bonds. The maximum Gasteiger partial charge on any atom is 0.0541 e. The third kappa shape index (κ3) is 4.31. The van der Waals surface area contributed by atoms with Gasteiger partial charge in [-0.25, -0.2) is 0 Å². The Bertz CT molecular complexity index is 333. The van der Waals surface area contributed by atoms with E-state index >= 15 is 0 Å². The number of benzene rings is 1. The zero-order valence-electron chi connectivity index (χ0n) is 9.97. The average Bonchev–Trinajstić information content (AvgIpc) is 2.19. The SMILES string of the molecule is CC(C)(C)C(CBr)CSc1ccccc1Cl. The average molecular weight is 322 g/mol. The molecule has 0 bridgehead atoms. The first-order valence-electron chi connectivity index (χ1n) is 5.38. The van der Waals surface area contributed by atoms with Gasteiger partial charge in [0.2, 0.25) is 0 Å². The van der Waals surface area contributed by atoms with E-state index in [9.17, 15) is 0 Å². The van der Waals surface area contributed by atoms with Crippen LogP contribution < -0.4 is 0 Å². The highest BCUT2D eigenvalue weighted by Crippen LogP contribution is 2.35. The topological polar surface area (TPSA) is 0 Å². The standard InChI is InChI=1S/C13H18BrClS/c1-13(2,3)10(8-14)9-16-12-7-5-4-6-11(12)15/h4-7,10H,8-9H2,1-3H3. The Morgan fingerprint density at radius 3 is 2.44 bits per heavy atom. The van der Waals surface area contributed by atoms with E-state index in [1.165, 1.54) is 4.90 Å². The van der Waals surface area contributed by atoms with E-state index in [1.807, 2.05) is 30.0 Å². The van der Waals surface area contributed by atoms with Crippen molar-refractivity contribution in [2.45, 2.75) is 25.7 Å². The van der Waals surface area contributed by atoms with Gasteiger partial charge in [0, 0.05) is 16.0 Å². The third-order valence-corrected chi connectivity index (χ3v) is 5.15. The lowest BCUT2D eigenvalue weighted by atomic mass is 9.83. The summed E-state index contributed by atoms with van der Waals surface area (Å²) in [6.45, 7) is 6.85. The second kappa shape index (κ2) is 6.32. The lowest BCUT2D eigenvalue weighted by Crippen LogP contribution is -2.23. The summed E-state index contributed by atoms with van der Waals surface area (Å²) in [7, 11) is 0. The van der Waals surface area contributed by atoms with E-state index in [0.717, 1.165) is 16.1 Å².